The normalized spacial score (nSPS) is 14.1. The summed E-state index contributed by atoms with van der Waals surface area (Å²) < 4.78 is 0. The number of nitrogens with one attached hydrogen (secondary N) is 2. The first-order valence-electron chi connectivity index (χ1n) is 8.87. The number of hydrogen-bond acceptors (Lipinski definition) is 6. The number of nitrogen functional groups attached to an aromatic ring is 1. The number of hydrogen-bond donors (Lipinski definition) is 3. The van der Waals surface area contributed by atoms with Crippen molar-refractivity contribution in [2.24, 2.45) is 0 Å². The second kappa shape index (κ2) is 7.72. The molecule has 6 heteroatoms. The average molecular weight is 376 g/mol. The summed E-state index contributed by atoms with van der Waals surface area (Å²) in [5.74, 6) is 0.816. The van der Waals surface area contributed by atoms with Crippen molar-refractivity contribution in [2.45, 2.75) is 23.4 Å². The van der Waals surface area contributed by atoms with Crippen LogP contribution in [0.1, 0.15) is 13.3 Å². The van der Waals surface area contributed by atoms with E-state index in [-0.39, 0.29) is 0 Å². The molecule has 1 aliphatic rings. The van der Waals surface area contributed by atoms with Gasteiger partial charge in [0, 0.05) is 33.9 Å². The van der Waals surface area contributed by atoms with Gasteiger partial charge in [-0.05, 0) is 67.6 Å². The van der Waals surface area contributed by atoms with Gasteiger partial charge >= 0.3 is 0 Å². The molecule has 0 unspecified atom stereocenters. The van der Waals surface area contributed by atoms with Gasteiger partial charge in [0.25, 0.3) is 0 Å². The molecule has 0 fully saturated rings. The van der Waals surface area contributed by atoms with Crippen LogP contribution < -0.4 is 16.4 Å². The highest BCUT2D eigenvalue weighted by Crippen LogP contribution is 2.30. The van der Waals surface area contributed by atoms with Crippen LogP contribution in [-0.4, -0.2) is 16.5 Å². The lowest BCUT2D eigenvalue weighted by molar-refractivity contribution is 0.811. The molecule has 0 amide bonds. The third-order valence-corrected chi connectivity index (χ3v) is 5.09. The van der Waals surface area contributed by atoms with Gasteiger partial charge in [-0.25, -0.2) is 9.97 Å². The quantitative estimate of drug-likeness (QED) is 0.459. The standard InChI is InChI=1S/C21H21N5S/c1-14-13-16(5-4-12-23-14)24-20-18-6-2-3-7-19(18)25-21(26-20)27-17-10-8-15(22)9-11-17/h2-3,5-11,13,23H,4,12,22H2,1H3,(H,24,25,26). The third-order valence-electron chi connectivity index (χ3n) is 4.22. The minimum absolute atomic E-state index is 0.703. The zero-order valence-electron chi connectivity index (χ0n) is 15.1. The molecule has 2 aromatic carbocycles. The molecule has 136 valence electrons. The molecule has 0 bridgehead atoms. The monoisotopic (exact) mass is 375 g/mol. The molecule has 2 heterocycles. The third kappa shape index (κ3) is 4.23. The number of nitrogens with two attached hydrogens (primary N) is 1. The van der Waals surface area contributed by atoms with Gasteiger partial charge in [0.05, 0.1) is 5.52 Å². The highest BCUT2D eigenvalue weighted by molar-refractivity contribution is 7.99. The van der Waals surface area contributed by atoms with E-state index >= 15 is 0 Å². The van der Waals surface area contributed by atoms with Gasteiger partial charge in [0.2, 0.25) is 0 Å². The molecule has 4 rings (SSSR count). The molecular weight excluding hydrogens is 354 g/mol. The van der Waals surface area contributed by atoms with Gasteiger partial charge in [-0.15, -0.1) is 0 Å². The number of benzene rings is 2. The first kappa shape index (κ1) is 17.4. The minimum atomic E-state index is 0.703. The SMILES string of the molecule is CC1=CC(Nc2nc(Sc3ccc(N)cc3)nc3ccccc23)=CCCN1. The van der Waals surface area contributed by atoms with Crippen molar-refractivity contribution in [1.82, 2.24) is 15.3 Å². The number of rotatable bonds is 4. The molecule has 27 heavy (non-hydrogen) atoms. The van der Waals surface area contributed by atoms with Crippen LogP contribution in [0.5, 0.6) is 0 Å². The van der Waals surface area contributed by atoms with E-state index in [2.05, 4.69) is 29.7 Å². The molecule has 1 aliphatic heterocycles. The van der Waals surface area contributed by atoms with E-state index in [1.165, 1.54) is 11.8 Å². The number of para-hydroxylation sites is 1. The first-order chi connectivity index (χ1) is 13.2. The maximum absolute atomic E-state index is 5.78. The van der Waals surface area contributed by atoms with E-state index in [9.17, 15) is 0 Å². The zero-order valence-corrected chi connectivity index (χ0v) is 15.9. The Hall–Kier alpha value is -2.99. The number of allylic oxidation sites excluding steroid dienone is 2. The lowest BCUT2D eigenvalue weighted by Crippen LogP contribution is -2.10. The van der Waals surface area contributed by atoms with E-state index in [1.807, 2.05) is 48.5 Å². The Morgan fingerprint density at radius 2 is 1.89 bits per heavy atom. The summed E-state index contributed by atoms with van der Waals surface area (Å²) >= 11 is 1.53. The van der Waals surface area contributed by atoms with Gasteiger partial charge in [-0.2, -0.15) is 0 Å². The number of fused-ring (bicyclic) bond motifs is 1. The molecule has 1 aromatic heterocycles. The van der Waals surface area contributed by atoms with Crippen molar-refractivity contribution in [3.8, 4) is 0 Å². The van der Waals surface area contributed by atoms with Gasteiger partial charge in [0.1, 0.15) is 5.82 Å². The van der Waals surface area contributed by atoms with Crippen LogP contribution in [0.15, 0.2) is 82.1 Å². The Balaban J connectivity index is 1.71. The fourth-order valence-electron chi connectivity index (χ4n) is 2.90. The van der Waals surface area contributed by atoms with Crippen LogP contribution in [-0.2, 0) is 0 Å². The van der Waals surface area contributed by atoms with E-state index in [0.29, 0.717) is 5.16 Å². The Kier molecular flexibility index (Phi) is 4.98. The first-order valence-corrected chi connectivity index (χ1v) is 9.68. The fourth-order valence-corrected chi connectivity index (χ4v) is 3.67. The maximum Gasteiger partial charge on any atom is 0.195 e. The van der Waals surface area contributed by atoms with Gasteiger partial charge < -0.3 is 16.4 Å². The molecule has 0 spiro atoms. The van der Waals surface area contributed by atoms with Crippen molar-refractivity contribution in [1.29, 1.82) is 0 Å². The predicted octanol–water partition coefficient (Wildman–Crippen LogP) is 4.56. The van der Waals surface area contributed by atoms with Gasteiger partial charge in [-0.1, -0.05) is 18.2 Å². The van der Waals surface area contributed by atoms with E-state index < -0.39 is 0 Å². The second-order valence-electron chi connectivity index (χ2n) is 6.37. The Labute approximate surface area is 162 Å². The van der Waals surface area contributed by atoms with Crippen molar-refractivity contribution in [3.05, 3.63) is 72.1 Å². The van der Waals surface area contributed by atoms with Crippen molar-refractivity contribution in [2.75, 3.05) is 17.6 Å². The van der Waals surface area contributed by atoms with E-state index in [0.717, 1.165) is 51.7 Å². The highest BCUT2D eigenvalue weighted by Gasteiger charge is 2.10. The van der Waals surface area contributed by atoms with Gasteiger partial charge in [0.15, 0.2) is 5.16 Å². The molecule has 0 saturated heterocycles. The largest absolute Gasteiger partial charge is 0.399 e. The molecule has 0 saturated carbocycles. The smallest absolute Gasteiger partial charge is 0.195 e. The topological polar surface area (TPSA) is 75.9 Å². The van der Waals surface area contributed by atoms with Gasteiger partial charge in [-0.3, -0.25) is 0 Å². The van der Waals surface area contributed by atoms with Crippen molar-refractivity contribution < 1.29 is 0 Å². The molecule has 0 radical (unpaired) electrons. The predicted molar refractivity (Wildman–Crippen MR) is 113 cm³/mol. The summed E-state index contributed by atoms with van der Waals surface area (Å²) in [7, 11) is 0. The number of nitrogens with zero attached hydrogens (tertiary/aromatic N) is 2. The summed E-state index contributed by atoms with van der Waals surface area (Å²) in [6, 6.07) is 15.8. The molecule has 0 aliphatic carbocycles. The van der Waals surface area contributed by atoms with Crippen LogP contribution in [0.25, 0.3) is 10.9 Å². The van der Waals surface area contributed by atoms with Crippen molar-refractivity contribution in [3.63, 3.8) is 0 Å². The van der Waals surface area contributed by atoms with E-state index in [4.69, 9.17) is 15.7 Å². The molecule has 3 aromatic rings. The van der Waals surface area contributed by atoms with Crippen LogP contribution in [0.2, 0.25) is 0 Å². The van der Waals surface area contributed by atoms with Crippen LogP contribution >= 0.6 is 11.8 Å². The molecule has 5 nitrogen and oxygen atoms in total. The fraction of sp³-hybridized carbons (Fsp3) is 0.143. The summed E-state index contributed by atoms with van der Waals surface area (Å²) in [6.07, 6.45) is 5.26. The zero-order chi connectivity index (χ0) is 18.6. The Bertz CT molecular complexity index is 1020. The maximum atomic E-state index is 5.78. The minimum Gasteiger partial charge on any atom is -0.399 e. The van der Waals surface area contributed by atoms with Crippen molar-refractivity contribution >= 4 is 34.2 Å². The Morgan fingerprint density at radius 3 is 2.74 bits per heavy atom. The lowest BCUT2D eigenvalue weighted by atomic mass is 10.2. The summed E-state index contributed by atoms with van der Waals surface area (Å²) in [5.41, 5.74) is 9.63. The van der Waals surface area contributed by atoms with Crippen LogP contribution in [0.3, 0.4) is 0 Å². The van der Waals surface area contributed by atoms with E-state index in [1.54, 1.807) is 0 Å². The lowest BCUT2D eigenvalue weighted by Gasteiger charge is -2.11. The van der Waals surface area contributed by atoms with Crippen LogP contribution in [0, 0.1) is 0 Å². The molecular formula is C21H21N5S. The summed E-state index contributed by atoms with van der Waals surface area (Å²) in [5, 5.41) is 8.56. The number of aromatic nitrogens is 2. The summed E-state index contributed by atoms with van der Waals surface area (Å²) in [6.45, 7) is 3.01. The summed E-state index contributed by atoms with van der Waals surface area (Å²) in [4.78, 5) is 10.6. The Morgan fingerprint density at radius 1 is 1.07 bits per heavy atom. The molecule has 4 N–H and O–H groups in total. The van der Waals surface area contributed by atoms with Crippen LogP contribution in [0.4, 0.5) is 11.5 Å². The highest BCUT2D eigenvalue weighted by atomic mass is 32.2. The second-order valence-corrected chi connectivity index (χ2v) is 7.41. The number of anilines is 2. The molecule has 0 atom stereocenters. The average Bonchev–Trinajstić information content (AvgIpc) is 2.87.